The van der Waals surface area contributed by atoms with Crippen molar-refractivity contribution in [2.45, 2.75) is 6.92 Å². The first kappa shape index (κ1) is 13.6. The fourth-order valence-electron chi connectivity index (χ4n) is 1.31. The van der Waals surface area contributed by atoms with Crippen LogP contribution in [0.2, 0.25) is 0 Å². The zero-order valence-corrected chi connectivity index (χ0v) is 11.8. The molecule has 1 N–H and O–H groups in total. The second kappa shape index (κ2) is 6.35. The van der Waals surface area contributed by atoms with Crippen molar-refractivity contribution in [2.24, 2.45) is 0 Å². The van der Waals surface area contributed by atoms with Crippen molar-refractivity contribution in [3.05, 3.63) is 40.9 Å². The van der Waals surface area contributed by atoms with Crippen LogP contribution in [0.1, 0.15) is 22.3 Å². The van der Waals surface area contributed by atoms with E-state index in [9.17, 15) is 4.79 Å². The number of esters is 1. The monoisotopic (exact) mass is 293 g/mol. The average molecular weight is 293 g/mol. The minimum absolute atomic E-state index is 0.209. The summed E-state index contributed by atoms with van der Waals surface area (Å²) in [7, 11) is 0. The van der Waals surface area contributed by atoms with Gasteiger partial charge in [0.1, 0.15) is 4.99 Å². The number of carbonyl (C=O) groups is 1. The molecule has 0 saturated heterocycles. The number of hydrogen-bond donors (Lipinski definition) is 1. The number of rotatable bonds is 4. The molecule has 0 atom stereocenters. The Morgan fingerprint density at radius 3 is 2.84 bits per heavy atom. The molecule has 1 aromatic heterocycles. The number of carbonyl (C=O) groups excluding carboxylic acids is 1. The number of nitrogens with zero attached hydrogens (tertiary/aromatic N) is 2. The summed E-state index contributed by atoms with van der Waals surface area (Å²) in [5.74, 6) is -0.166. The fourth-order valence-corrected chi connectivity index (χ4v) is 2.06. The fraction of sp³-hybridized carbons (Fsp3) is 0.167. The molecule has 7 heteroatoms. The molecule has 0 saturated carbocycles. The van der Waals surface area contributed by atoms with Crippen molar-refractivity contribution in [2.75, 3.05) is 11.9 Å². The summed E-state index contributed by atoms with van der Waals surface area (Å²) in [4.78, 5) is 16.0. The van der Waals surface area contributed by atoms with Crippen molar-refractivity contribution < 1.29 is 9.53 Å². The van der Waals surface area contributed by atoms with E-state index >= 15 is 0 Å². The number of benzene rings is 1. The molecule has 0 aliphatic carbocycles. The number of anilines is 1. The van der Waals surface area contributed by atoms with Gasteiger partial charge in [-0.25, -0.2) is 4.79 Å². The molecular formula is C12H11N3O2S2. The first-order chi connectivity index (χ1) is 9.20. The molecule has 0 fully saturated rings. The van der Waals surface area contributed by atoms with Gasteiger partial charge in [-0.05, 0) is 18.5 Å². The SMILES string of the molecule is CCOC(=O)c1nc(NC(=S)c2ccccc2)ns1. The van der Waals surface area contributed by atoms with E-state index < -0.39 is 5.97 Å². The standard InChI is InChI=1S/C12H11N3O2S2/c1-2-17-11(16)10-14-12(15-19-10)13-9(18)8-6-4-3-5-7-8/h3-7H,2H2,1H3,(H,13,15,18). The molecule has 0 unspecified atom stereocenters. The third-order valence-electron chi connectivity index (χ3n) is 2.14. The van der Waals surface area contributed by atoms with E-state index in [4.69, 9.17) is 17.0 Å². The molecule has 0 amide bonds. The Labute approximate surface area is 119 Å². The molecule has 98 valence electrons. The molecule has 0 aliphatic rings. The summed E-state index contributed by atoms with van der Waals surface area (Å²) in [6, 6.07) is 9.46. The summed E-state index contributed by atoms with van der Waals surface area (Å²) >= 11 is 6.20. The molecule has 2 rings (SSSR count). The lowest BCUT2D eigenvalue weighted by molar-refractivity contribution is 0.0526. The normalized spacial score (nSPS) is 9.95. The largest absolute Gasteiger partial charge is 0.461 e. The van der Waals surface area contributed by atoms with Gasteiger partial charge in [-0.3, -0.25) is 0 Å². The van der Waals surface area contributed by atoms with Crippen molar-refractivity contribution in [3.8, 4) is 0 Å². The quantitative estimate of drug-likeness (QED) is 0.690. The van der Waals surface area contributed by atoms with E-state index in [0.717, 1.165) is 17.1 Å². The lowest BCUT2D eigenvalue weighted by Gasteiger charge is -2.03. The van der Waals surface area contributed by atoms with Crippen LogP contribution in [0.3, 0.4) is 0 Å². The lowest BCUT2D eigenvalue weighted by Crippen LogP contribution is -2.12. The van der Waals surface area contributed by atoms with Crippen LogP contribution in [0.5, 0.6) is 0 Å². The molecule has 5 nitrogen and oxygen atoms in total. The van der Waals surface area contributed by atoms with E-state index in [1.54, 1.807) is 6.92 Å². The predicted molar refractivity (Wildman–Crippen MR) is 77.6 cm³/mol. The van der Waals surface area contributed by atoms with Crippen LogP contribution in [0.4, 0.5) is 5.95 Å². The van der Waals surface area contributed by atoms with Gasteiger partial charge >= 0.3 is 5.97 Å². The number of ether oxygens (including phenoxy) is 1. The highest BCUT2D eigenvalue weighted by Gasteiger charge is 2.14. The van der Waals surface area contributed by atoms with Crippen molar-refractivity contribution >= 4 is 40.7 Å². The molecular weight excluding hydrogens is 282 g/mol. The van der Waals surface area contributed by atoms with E-state index in [1.165, 1.54) is 0 Å². The van der Waals surface area contributed by atoms with Crippen LogP contribution >= 0.6 is 23.8 Å². The Balaban J connectivity index is 2.04. The maximum Gasteiger partial charge on any atom is 0.369 e. The third kappa shape index (κ3) is 3.55. The Kier molecular flexibility index (Phi) is 4.53. The molecule has 2 aromatic rings. The number of aromatic nitrogens is 2. The topological polar surface area (TPSA) is 64.1 Å². The smallest absolute Gasteiger partial charge is 0.369 e. The van der Waals surface area contributed by atoms with Gasteiger partial charge in [0.05, 0.1) is 6.61 Å². The van der Waals surface area contributed by atoms with Gasteiger partial charge in [0.15, 0.2) is 0 Å². The van der Waals surface area contributed by atoms with Crippen LogP contribution in [0.25, 0.3) is 0 Å². The molecule has 19 heavy (non-hydrogen) atoms. The van der Waals surface area contributed by atoms with E-state index in [0.29, 0.717) is 17.5 Å². The summed E-state index contributed by atoms with van der Waals surface area (Å²) < 4.78 is 8.86. The molecule has 1 heterocycles. The molecule has 0 spiro atoms. The lowest BCUT2D eigenvalue weighted by atomic mass is 10.2. The predicted octanol–water partition coefficient (Wildman–Crippen LogP) is 2.50. The Morgan fingerprint density at radius 2 is 2.16 bits per heavy atom. The van der Waals surface area contributed by atoms with Crippen LogP contribution in [0.15, 0.2) is 30.3 Å². The highest BCUT2D eigenvalue weighted by Crippen LogP contribution is 2.12. The Bertz CT molecular complexity index is 584. The summed E-state index contributed by atoms with van der Waals surface area (Å²) in [5, 5.41) is 3.10. The van der Waals surface area contributed by atoms with E-state index in [-0.39, 0.29) is 5.01 Å². The zero-order valence-electron chi connectivity index (χ0n) is 10.1. The van der Waals surface area contributed by atoms with Crippen LogP contribution in [-0.2, 0) is 4.74 Å². The van der Waals surface area contributed by atoms with Gasteiger partial charge in [-0.15, -0.1) is 0 Å². The van der Waals surface area contributed by atoms with E-state index in [2.05, 4.69) is 14.7 Å². The van der Waals surface area contributed by atoms with Crippen molar-refractivity contribution in [1.29, 1.82) is 0 Å². The Morgan fingerprint density at radius 1 is 1.42 bits per heavy atom. The average Bonchev–Trinajstić information content (AvgIpc) is 2.88. The zero-order chi connectivity index (χ0) is 13.7. The third-order valence-corrected chi connectivity index (χ3v) is 3.17. The second-order valence-corrected chi connectivity index (χ2v) is 4.62. The highest BCUT2D eigenvalue weighted by atomic mass is 32.1. The summed E-state index contributed by atoms with van der Waals surface area (Å²) in [6.07, 6.45) is 0. The number of hydrogen-bond acceptors (Lipinski definition) is 6. The molecule has 0 radical (unpaired) electrons. The van der Waals surface area contributed by atoms with Crippen LogP contribution < -0.4 is 5.32 Å². The van der Waals surface area contributed by atoms with Crippen LogP contribution in [-0.4, -0.2) is 26.9 Å². The Hall–Kier alpha value is -1.86. The van der Waals surface area contributed by atoms with E-state index in [1.807, 2.05) is 30.3 Å². The maximum atomic E-state index is 11.4. The van der Waals surface area contributed by atoms with Gasteiger partial charge in [-0.1, -0.05) is 42.5 Å². The van der Waals surface area contributed by atoms with Gasteiger partial charge in [0.25, 0.3) is 0 Å². The minimum atomic E-state index is -0.473. The highest BCUT2D eigenvalue weighted by molar-refractivity contribution is 7.81. The second-order valence-electron chi connectivity index (χ2n) is 3.46. The first-order valence-electron chi connectivity index (χ1n) is 5.58. The number of thiocarbonyl (C=S) groups is 1. The number of nitrogens with one attached hydrogen (secondary N) is 1. The molecule has 0 bridgehead atoms. The maximum absolute atomic E-state index is 11.4. The van der Waals surface area contributed by atoms with Gasteiger partial charge in [0.2, 0.25) is 11.0 Å². The first-order valence-corrected chi connectivity index (χ1v) is 6.76. The minimum Gasteiger partial charge on any atom is -0.461 e. The molecule has 0 aliphatic heterocycles. The van der Waals surface area contributed by atoms with Gasteiger partial charge < -0.3 is 10.1 Å². The van der Waals surface area contributed by atoms with Crippen molar-refractivity contribution in [1.82, 2.24) is 9.36 Å². The van der Waals surface area contributed by atoms with Crippen LogP contribution in [0, 0.1) is 0 Å². The van der Waals surface area contributed by atoms with Gasteiger partial charge in [0, 0.05) is 5.56 Å². The summed E-state index contributed by atoms with van der Waals surface area (Å²) in [5.41, 5.74) is 0.866. The summed E-state index contributed by atoms with van der Waals surface area (Å²) in [6.45, 7) is 2.05. The van der Waals surface area contributed by atoms with Crippen molar-refractivity contribution in [3.63, 3.8) is 0 Å². The molecule has 1 aromatic carbocycles. The van der Waals surface area contributed by atoms with Gasteiger partial charge in [-0.2, -0.15) is 9.36 Å².